The first kappa shape index (κ1) is 23.1. The molecule has 0 atom stereocenters. The topological polar surface area (TPSA) is 62.8 Å². The summed E-state index contributed by atoms with van der Waals surface area (Å²) in [5, 5.41) is 16.9. The Bertz CT molecular complexity index is 760. The lowest BCUT2D eigenvalue weighted by atomic mass is 10.2. The second kappa shape index (κ2) is 12.4. The summed E-state index contributed by atoms with van der Waals surface area (Å²) in [4.78, 5) is 0. The number of benzene rings is 2. The van der Waals surface area contributed by atoms with Gasteiger partial charge in [-0.25, -0.2) is 0 Å². The van der Waals surface area contributed by atoms with Crippen LogP contribution in [0.4, 0.5) is 0 Å². The molecule has 3 N–H and O–H groups in total. The third-order valence-corrected chi connectivity index (χ3v) is 4.98. The fraction of sp³-hybridized carbons (Fsp3) is 0.400. The van der Waals surface area contributed by atoms with Crippen LogP contribution in [0.15, 0.2) is 30.3 Å². The van der Waals surface area contributed by atoms with Crippen LogP contribution in [0.5, 0.6) is 11.5 Å². The van der Waals surface area contributed by atoms with E-state index in [-0.39, 0.29) is 13.2 Å². The lowest BCUT2D eigenvalue weighted by molar-refractivity contribution is 0.284. The van der Waals surface area contributed by atoms with Crippen LogP contribution in [0.1, 0.15) is 17.5 Å². The van der Waals surface area contributed by atoms with Crippen molar-refractivity contribution in [3.8, 4) is 11.5 Å². The Labute approximate surface area is 180 Å². The van der Waals surface area contributed by atoms with Crippen LogP contribution >= 0.6 is 34.8 Å². The van der Waals surface area contributed by atoms with E-state index in [0.717, 1.165) is 30.6 Å². The second-order valence-corrected chi connectivity index (χ2v) is 7.37. The van der Waals surface area contributed by atoms with Gasteiger partial charge in [0.15, 0.2) is 11.5 Å². The summed E-state index contributed by atoms with van der Waals surface area (Å²) in [6.07, 6.45) is 0.956. The first-order valence-electron chi connectivity index (χ1n) is 9.00. The molecular weight excluding hydrogens is 423 g/mol. The van der Waals surface area contributed by atoms with E-state index in [9.17, 15) is 0 Å². The van der Waals surface area contributed by atoms with Gasteiger partial charge in [0.05, 0.1) is 13.7 Å². The van der Waals surface area contributed by atoms with Crippen molar-refractivity contribution < 1.29 is 14.6 Å². The molecule has 0 heterocycles. The maximum Gasteiger partial charge on any atom is 0.163 e. The van der Waals surface area contributed by atoms with E-state index in [1.165, 1.54) is 0 Å². The minimum absolute atomic E-state index is 0.154. The highest BCUT2D eigenvalue weighted by Crippen LogP contribution is 2.34. The molecule has 0 fully saturated rings. The van der Waals surface area contributed by atoms with Crippen LogP contribution in [0.25, 0.3) is 0 Å². The Morgan fingerprint density at radius 1 is 0.893 bits per heavy atom. The van der Waals surface area contributed by atoms with Gasteiger partial charge in [-0.2, -0.15) is 0 Å². The van der Waals surface area contributed by atoms with Crippen LogP contribution < -0.4 is 20.1 Å². The van der Waals surface area contributed by atoms with Gasteiger partial charge < -0.3 is 25.2 Å². The Balaban J connectivity index is 1.92. The van der Waals surface area contributed by atoms with Crippen molar-refractivity contribution in [3.63, 3.8) is 0 Å². The average Bonchev–Trinajstić information content (AvgIpc) is 2.67. The second-order valence-electron chi connectivity index (χ2n) is 6.12. The minimum Gasteiger partial charge on any atom is -0.493 e. The quantitative estimate of drug-likeness (QED) is 0.424. The van der Waals surface area contributed by atoms with Gasteiger partial charge >= 0.3 is 0 Å². The van der Waals surface area contributed by atoms with Gasteiger partial charge in [0.1, 0.15) is 6.61 Å². The Morgan fingerprint density at radius 3 is 2.36 bits per heavy atom. The van der Waals surface area contributed by atoms with E-state index in [0.29, 0.717) is 39.7 Å². The predicted octanol–water partition coefficient (Wildman–Crippen LogP) is 4.30. The summed E-state index contributed by atoms with van der Waals surface area (Å²) < 4.78 is 11.3. The maximum atomic E-state index is 8.72. The van der Waals surface area contributed by atoms with E-state index >= 15 is 0 Å². The van der Waals surface area contributed by atoms with Crippen LogP contribution in [0, 0.1) is 0 Å². The summed E-state index contributed by atoms with van der Waals surface area (Å²) in [5.41, 5.74) is 1.75. The van der Waals surface area contributed by atoms with Gasteiger partial charge in [-0.3, -0.25) is 0 Å². The van der Waals surface area contributed by atoms with E-state index in [1.807, 2.05) is 12.1 Å². The third kappa shape index (κ3) is 7.32. The highest BCUT2D eigenvalue weighted by Gasteiger charge is 2.12. The molecule has 0 unspecified atom stereocenters. The molecule has 5 nitrogen and oxygen atoms in total. The molecular formula is C20H25Cl3N2O3. The largest absolute Gasteiger partial charge is 0.493 e. The van der Waals surface area contributed by atoms with Crippen LogP contribution in [-0.4, -0.2) is 38.5 Å². The van der Waals surface area contributed by atoms with Gasteiger partial charge in [0.2, 0.25) is 0 Å². The lowest BCUT2D eigenvalue weighted by Crippen LogP contribution is -2.24. The molecule has 28 heavy (non-hydrogen) atoms. The number of nitrogens with one attached hydrogen (secondary N) is 2. The number of halogens is 3. The van der Waals surface area contributed by atoms with Gasteiger partial charge in [0, 0.05) is 39.8 Å². The number of aliphatic hydroxyl groups excluding tert-OH is 1. The number of methoxy groups -OCH3 is 1. The maximum absolute atomic E-state index is 8.72. The number of hydrogen-bond donors (Lipinski definition) is 3. The summed E-state index contributed by atoms with van der Waals surface area (Å²) in [7, 11) is 1.59. The SMILES string of the molecule is COc1cc(CNCCCNCCO)c(Cl)cc1OCc1ccc(Cl)cc1Cl. The van der Waals surface area contributed by atoms with Crippen LogP contribution in [-0.2, 0) is 13.2 Å². The molecule has 0 radical (unpaired) electrons. The molecule has 0 aromatic heterocycles. The van der Waals surface area contributed by atoms with Crippen molar-refractivity contribution in [2.75, 3.05) is 33.4 Å². The Kier molecular flexibility index (Phi) is 10.2. The van der Waals surface area contributed by atoms with Crippen LogP contribution in [0.3, 0.4) is 0 Å². The lowest BCUT2D eigenvalue weighted by Gasteiger charge is -2.15. The van der Waals surface area contributed by atoms with Gasteiger partial charge in [-0.15, -0.1) is 0 Å². The molecule has 8 heteroatoms. The molecule has 0 saturated heterocycles. The number of ether oxygens (including phenoxy) is 2. The van der Waals surface area contributed by atoms with Crippen molar-refractivity contribution in [3.05, 3.63) is 56.5 Å². The first-order chi connectivity index (χ1) is 13.5. The average molecular weight is 448 g/mol. The van der Waals surface area contributed by atoms with E-state index in [2.05, 4.69) is 10.6 Å². The molecule has 0 spiro atoms. The Morgan fingerprint density at radius 2 is 1.64 bits per heavy atom. The van der Waals surface area contributed by atoms with Crippen molar-refractivity contribution in [1.82, 2.24) is 10.6 Å². The zero-order chi connectivity index (χ0) is 20.4. The van der Waals surface area contributed by atoms with E-state index < -0.39 is 0 Å². The molecule has 2 rings (SSSR count). The molecule has 0 saturated carbocycles. The molecule has 0 aliphatic carbocycles. The van der Waals surface area contributed by atoms with Crippen molar-refractivity contribution in [2.24, 2.45) is 0 Å². The highest BCUT2D eigenvalue weighted by molar-refractivity contribution is 6.35. The molecule has 0 bridgehead atoms. The number of rotatable bonds is 12. The highest BCUT2D eigenvalue weighted by atomic mass is 35.5. The number of hydrogen-bond acceptors (Lipinski definition) is 5. The van der Waals surface area contributed by atoms with Gasteiger partial charge in [-0.1, -0.05) is 40.9 Å². The molecule has 2 aromatic carbocycles. The molecule has 0 amide bonds. The van der Waals surface area contributed by atoms with Gasteiger partial charge in [0.25, 0.3) is 0 Å². The Hall–Kier alpha value is -1.21. The van der Waals surface area contributed by atoms with E-state index in [4.69, 9.17) is 49.4 Å². The standard InChI is InChI=1S/C20H25Cl3N2O3/c1-27-19-9-15(12-25-6-2-5-24-7-8-26)18(23)11-20(19)28-13-14-3-4-16(21)10-17(14)22/h3-4,9-11,24-26H,2,5-8,12-13H2,1H3. The molecule has 154 valence electrons. The predicted molar refractivity (Wildman–Crippen MR) is 115 cm³/mol. The fourth-order valence-electron chi connectivity index (χ4n) is 2.54. The van der Waals surface area contributed by atoms with Gasteiger partial charge in [-0.05, 0) is 43.3 Å². The summed E-state index contributed by atoms with van der Waals surface area (Å²) in [6, 6.07) is 8.90. The monoisotopic (exact) mass is 446 g/mol. The molecule has 2 aromatic rings. The zero-order valence-corrected chi connectivity index (χ0v) is 18.0. The fourth-order valence-corrected chi connectivity index (χ4v) is 3.23. The summed E-state index contributed by atoms with van der Waals surface area (Å²) in [5.74, 6) is 1.16. The summed E-state index contributed by atoms with van der Waals surface area (Å²) in [6.45, 7) is 3.36. The van der Waals surface area contributed by atoms with Crippen molar-refractivity contribution in [1.29, 1.82) is 0 Å². The minimum atomic E-state index is 0.154. The normalized spacial score (nSPS) is 10.9. The molecule has 0 aliphatic heterocycles. The van der Waals surface area contributed by atoms with E-state index in [1.54, 1.807) is 25.3 Å². The van der Waals surface area contributed by atoms with Crippen molar-refractivity contribution >= 4 is 34.8 Å². The molecule has 0 aliphatic rings. The zero-order valence-electron chi connectivity index (χ0n) is 15.7. The third-order valence-electron chi connectivity index (χ3n) is 4.04. The smallest absolute Gasteiger partial charge is 0.163 e. The first-order valence-corrected chi connectivity index (χ1v) is 10.1. The van der Waals surface area contributed by atoms with Crippen LogP contribution in [0.2, 0.25) is 15.1 Å². The summed E-state index contributed by atoms with van der Waals surface area (Å²) >= 11 is 18.5. The van der Waals surface area contributed by atoms with Crippen molar-refractivity contribution in [2.45, 2.75) is 19.6 Å². The number of aliphatic hydroxyl groups is 1.